The Labute approximate surface area is 539 Å². The van der Waals surface area contributed by atoms with Gasteiger partial charge in [-0.3, -0.25) is 38.6 Å². The number of carbonyl (C=O) groups excluding carboxylic acids is 7. The minimum atomic E-state index is -4.92. The van der Waals surface area contributed by atoms with E-state index in [1.54, 1.807) is 48.3 Å². The summed E-state index contributed by atoms with van der Waals surface area (Å²) >= 11 is 13.0. The highest BCUT2D eigenvalue weighted by Gasteiger charge is 2.80. The summed E-state index contributed by atoms with van der Waals surface area (Å²) < 4.78 is 22.9. The number of phosphoric acid groups is 1. The number of aromatic amines is 3. The number of phosphoric ester groups is 1. The monoisotopic (exact) mass is 1310 g/mol. The molecule has 15 aliphatic rings. The van der Waals surface area contributed by atoms with E-state index in [-0.39, 0.29) is 75.4 Å². The summed E-state index contributed by atoms with van der Waals surface area (Å²) in [5, 5.41) is 4.62. The van der Waals surface area contributed by atoms with E-state index in [1.807, 2.05) is 43.0 Å². The summed E-state index contributed by atoms with van der Waals surface area (Å²) in [7, 11) is -1.45. The Bertz CT molecular complexity index is 4500. The van der Waals surface area contributed by atoms with Gasteiger partial charge in [-0.2, -0.15) is 0 Å². The minimum Gasteiger partial charge on any atom is -0.408 e. The predicted molar refractivity (Wildman–Crippen MR) is 341 cm³/mol. The number of fused-ring (bicyclic) bond motifs is 7. The number of aryl methyl sites for hydroxylation is 3. The number of nitrogens with one attached hydrogen (secondary N) is 4. The van der Waals surface area contributed by atoms with Crippen LogP contribution in [-0.4, -0.2) is 146 Å². The van der Waals surface area contributed by atoms with Crippen molar-refractivity contribution in [3.8, 4) is 11.5 Å². The highest BCUT2D eigenvalue weighted by atomic mass is 35.5. The van der Waals surface area contributed by atoms with Crippen LogP contribution in [0.1, 0.15) is 120 Å². The van der Waals surface area contributed by atoms with E-state index < -0.39 is 35.6 Å². The number of halogens is 2. The Morgan fingerprint density at radius 1 is 0.674 bits per heavy atom. The number of amides is 5. The normalized spacial score (nSPS) is 32.1. The smallest absolute Gasteiger partial charge is 0.408 e. The maximum Gasteiger partial charge on any atom is 0.524 e. The fourth-order valence-electron chi connectivity index (χ4n) is 19.9. The minimum absolute atomic E-state index is 0.0456. The van der Waals surface area contributed by atoms with E-state index in [1.165, 1.54) is 22.1 Å². The summed E-state index contributed by atoms with van der Waals surface area (Å²) in [5.74, 6) is 1.21. The van der Waals surface area contributed by atoms with Crippen LogP contribution < -0.4 is 24.4 Å². The summed E-state index contributed by atoms with van der Waals surface area (Å²) in [5.41, 5.74) is 11.0. The molecule has 24 heteroatoms. The molecule has 2 saturated heterocycles. The predicted octanol–water partition coefficient (Wildman–Crippen LogP) is 9.23. The highest BCUT2D eigenvalue weighted by molar-refractivity contribution is 7.46. The molecule has 5 amide bonds. The summed E-state index contributed by atoms with van der Waals surface area (Å²) in [4.78, 5) is 134. The number of likely N-dealkylation sites (tertiary alicyclic amines) is 2. The highest BCUT2D eigenvalue weighted by Crippen LogP contribution is 2.79. The lowest BCUT2D eigenvalue weighted by atomic mass is 9.34. The number of aromatic nitrogens is 3. The molecule has 6 atom stereocenters. The maximum absolute atomic E-state index is 14.6. The van der Waals surface area contributed by atoms with Gasteiger partial charge in [-0.25, -0.2) is 9.36 Å². The van der Waals surface area contributed by atoms with Gasteiger partial charge in [0, 0.05) is 151 Å². The molecule has 10 fully saturated rings. The number of rotatable bonds is 12. The third-order valence-corrected chi connectivity index (χ3v) is 25.2. The fourth-order valence-corrected chi connectivity index (χ4v) is 20.8. The van der Waals surface area contributed by atoms with Crippen molar-refractivity contribution in [1.29, 1.82) is 0 Å². The molecule has 2 unspecified atom stereocenters. The molecular weight excluding hydrogens is 1240 g/mol. The van der Waals surface area contributed by atoms with Crippen LogP contribution in [0.4, 0.5) is 16.2 Å². The van der Waals surface area contributed by atoms with Crippen LogP contribution in [0.15, 0.2) is 77.1 Å². The molecule has 11 aliphatic carbocycles. The number of nitrogens with zero attached hydrogens (tertiary/aromatic N) is 5. The topological polar surface area (TPSA) is 271 Å². The van der Waals surface area contributed by atoms with E-state index in [0.29, 0.717) is 130 Å². The van der Waals surface area contributed by atoms with Crippen LogP contribution in [0.2, 0.25) is 0 Å². The zero-order valence-electron chi connectivity index (χ0n) is 51.9. The SMILES string of the molecule is CC1=CCC2=C1C13C[C@@H]1CN(C(=O)C14CC(C(=O)N5C[C@H]6CC67C5=CC(=O)c5[nH]cc(C)c57)(C1)C4)C3=CC2=O.CNCCN(C)C(=O)Oc1cc2c(c3c(C)c[nH]c13)[C@H](CCl)CN2C(=O)C12CC(C(=O)N3C[C@@H](CCl)c4c3cc(OP(=O)(O)O)c3[nH]cc(C)c43)(C1)C2. The van der Waals surface area contributed by atoms with Crippen molar-refractivity contribution in [3.63, 3.8) is 0 Å². The van der Waals surface area contributed by atoms with Gasteiger partial charge in [-0.05, 0) is 143 Å². The molecule has 21 nitrogen and oxygen atoms in total. The number of H-pyrrole nitrogens is 3. The van der Waals surface area contributed by atoms with Gasteiger partial charge in [0.25, 0.3) is 0 Å². The van der Waals surface area contributed by atoms with Gasteiger partial charge in [0.1, 0.15) is 0 Å². The van der Waals surface area contributed by atoms with E-state index in [0.717, 1.165) is 74.0 Å². The number of piperidine rings is 2. The van der Waals surface area contributed by atoms with Gasteiger partial charge in [-0.15, -0.1) is 23.2 Å². The molecule has 4 bridgehead atoms. The van der Waals surface area contributed by atoms with Crippen molar-refractivity contribution in [1.82, 2.24) is 35.0 Å². The van der Waals surface area contributed by atoms with Gasteiger partial charge < -0.3 is 54.0 Å². The van der Waals surface area contributed by atoms with Gasteiger partial charge >= 0.3 is 13.9 Å². The molecule has 2 aromatic carbocycles. The largest absolute Gasteiger partial charge is 0.524 e. The molecule has 7 heterocycles. The first-order chi connectivity index (χ1) is 43.8. The molecule has 4 aliphatic heterocycles. The standard InChI is InChI=1S/C36H41Cl2N6O8P.C32H29N3O4/c1-18-11-40-30-24(51-34(47)42(4)6-5-39-3)7-22-28(26(18)30)20(9-37)13-43(22)32(45)35-15-36(16-35,17-35)33(46)44-14-21(10-38)29-23(44)8-25(52-53(48,49)50)31-27(29)19(2)12-41-31;1-15-3-4-19-20(36)5-22-31(24(15)19)7-17(31)10-34(22)27(38)29-12-30(13-29,14-29)28(39)35-11-18-8-32(18)23(35)6-21(37)26-25(32)16(2)9-33-26/h7-8,11-12,20-21,39-41H,5-6,9-10,13-17H2,1-4H3,(H2,48,49,50);3,5-6,9,17-18,33H,4,7-8,10-14H2,1-2H3/t20-,21-,35?,36?;17-,18-,29?,30?,31?,32?/m11/s1. The van der Waals surface area contributed by atoms with Crippen LogP contribution >= 0.6 is 31.0 Å². The number of alkyl halides is 2. The summed E-state index contributed by atoms with van der Waals surface area (Å²) in [6, 6.07) is 3.26. The van der Waals surface area contributed by atoms with E-state index >= 15 is 0 Å². The van der Waals surface area contributed by atoms with E-state index in [4.69, 9.17) is 32.5 Å². The third kappa shape index (κ3) is 7.49. The molecule has 478 valence electrons. The number of anilines is 2. The molecule has 6 N–H and O–H groups in total. The lowest BCUT2D eigenvalue weighted by Gasteiger charge is -2.69. The number of benzene rings is 2. The number of hydrogen-bond acceptors (Lipinski definition) is 11. The van der Waals surface area contributed by atoms with Crippen molar-refractivity contribution >= 4 is 105 Å². The molecule has 8 saturated carbocycles. The molecule has 5 aromatic rings. The fraction of sp³-hybridized carbons (Fsp3) is 0.485. The van der Waals surface area contributed by atoms with Crippen LogP contribution in [0.25, 0.3) is 21.8 Å². The van der Waals surface area contributed by atoms with Crippen molar-refractivity contribution in [3.05, 3.63) is 116 Å². The Balaban J connectivity index is 0.000000147. The van der Waals surface area contributed by atoms with Crippen molar-refractivity contribution in [2.75, 3.05) is 74.9 Å². The van der Waals surface area contributed by atoms with E-state index in [9.17, 15) is 47.9 Å². The van der Waals surface area contributed by atoms with Crippen molar-refractivity contribution < 1.29 is 57.2 Å². The zero-order chi connectivity index (χ0) is 64.2. The van der Waals surface area contributed by atoms with Crippen molar-refractivity contribution in [2.24, 2.45) is 38.9 Å². The number of likely N-dealkylation sites (N-methyl/N-ethyl adjacent to an activating group) is 2. The first-order valence-electron chi connectivity index (χ1n) is 31.9. The average Bonchev–Trinajstić information content (AvgIpc) is 1.73. The summed E-state index contributed by atoms with van der Waals surface area (Å²) in [6.07, 6.45) is 16.2. The van der Waals surface area contributed by atoms with Crippen LogP contribution in [0, 0.1) is 59.7 Å². The lowest BCUT2D eigenvalue weighted by Crippen LogP contribution is -2.73. The Morgan fingerprint density at radius 3 is 1.68 bits per heavy atom. The van der Waals surface area contributed by atoms with Gasteiger partial charge in [0.2, 0.25) is 29.4 Å². The Kier molecular flexibility index (Phi) is 12.1. The van der Waals surface area contributed by atoms with Crippen LogP contribution in [0.3, 0.4) is 0 Å². The maximum atomic E-state index is 14.6. The first-order valence-corrected chi connectivity index (χ1v) is 34.5. The van der Waals surface area contributed by atoms with Crippen LogP contribution in [0.5, 0.6) is 11.5 Å². The average molecular weight is 1310 g/mol. The number of carbonyl (C=O) groups is 7. The van der Waals surface area contributed by atoms with Gasteiger partial charge in [-0.1, -0.05) is 11.6 Å². The second-order valence-electron chi connectivity index (χ2n) is 29.3. The lowest BCUT2D eigenvalue weighted by molar-refractivity contribution is -0.219. The number of allylic oxidation sites excluding steroid dienone is 7. The van der Waals surface area contributed by atoms with Gasteiger partial charge in [0.05, 0.1) is 49.8 Å². The molecule has 20 rings (SSSR count). The Morgan fingerprint density at radius 2 is 1.15 bits per heavy atom. The molecule has 2 spiro atoms. The zero-order valence-corrected chi connectivity index (χ0v) is 54.3. The molecule has 0 radical (unpaired) electrons. The molecule has 3 aromatic heterocycles. The number of ketones is 2. The molecule has 92 heavy (non-hydrogen) atoms. The van der Waals surface area contributed by atoms with E-state index in [2.05, 4.69) is 33.3 Å². The third-order valence-electron chi connectivity index (χ3n) is 24.0. The second-order valence-corrected chi connectivity index (χ2v) is 31.1. The number of hydrogen-bond donors (Lipinski definition) is 6. The Hall–Kier alpha value is -7.26. The van der Waals surface area contributed by atoms with Gasteiger partial charge in [0.15, 0.2) is 17.3 Å². The number of ether oxygens (including phenoxy) is 1. The molecular formula is C68H70Cl2N9O12P. The van der Waals surface area contributed by atoms with Crippen LogP contribution in [-0.2, 0) is 34.0 Å². The van der Waals surface area contributed by atoms with Crippen molar-refractivity contribution in [2.45, 2.75) is 103 Å². The second kappa shape index (κ2) is 19.0. The quantitative estimate of drug-likeness (QED) is 0.0503. The summed E-state index contributed by atoms with van der Waals surface area (Å²) in [6.45, 7) is 11.0. The first kappa shape index (κ1) is 58.6.